The fraction of sp³-hybridized carbons (Fsp3) is 0.714. The predicted octanol–water partition coefficient (Wildman–Crippen LogP) is 2.08. The van der Waals surface area contributed by atoms with Gasteiger partial charge in [-0.2, -0.15) is 0 Å². The summed E-state index contributed by atoms with van der Waals surface area (Å²) in [5.74, 6) is 1.33. The molecular formula is C14H23N3O3. The number of ether oxygens (including phenoxy) is 3. The van der Waals surface area contributed by atoms with Gasteiger partial charge in [0.25, 0.3) is 0 Å². The maximum atomic E-state index is 5.62. The van der Waals surface area contributed by atoms with Crippen molar-refractivity contribution in [1.29, 1.82) is 0 Å². The normalized spacial score (nSPS) is 18.8. The number of nitrogens with one attached hydrogen (secondary N) is 1. The first-order valence-electron chi connectivity index (χ1n) is 7.08. The van der Waals surface area contributed by atoms with Gasteiger partial charge >= 0.3 is 0 Å². The summed E-state index contributed by atoms with van der Waals surface area (Å²) in [5.41, 5.74) is 0. The van der Waals surface area contributed by atoms with Crippen molar-refractivity contribution in [3.63, 3.8) is 0 Å². The van der Waals surface area contributed by atoms with Crippen LogP contribution < -0.4 is 10.1 Å². The Morgan fingerprint density at radius 3 is 2.85 bits per heavy atom. The van der Waals surface area contributed by atoms with Crippen LogP contribution >= 0.6 is 0 Å². The third-order valence-corrected chi connectivity index (χ3v) is 3.18. The van der Waals surface area contributed by atoms with Crippen molar-refractivity contribution in [2.45, 2.75) is 33.0 Å². The summed E-state index contributed by atoms with van der Waals surface area (Å²) in [6.07, 6.45) is 2.35. The molecule has 1 saturated heterocycles. The average molecular weight is 281 g/mol. The van der Waals surface area contributed by atoms with Crippen LogP contribution in [0.3, 0.4) is 0 Å². The summed E-state index contributed by atoms with van der Waals surface area (Å²) < 4.78 is 16.6. The molecule has 0 bridgehead atoms. The lowest BCUT2D eigenvalue weighted by Crippen LogP contribution is -2.30. The lowest BCUT2D eigenvalue weighted by molar-refractivity contribution is -0.153. The van der Waals surface area contributed by atoms with Crippen molar-refractivity contribution in [2.24, 2.45) is 5.92 Å². The van der Waals surface area contributed by atoms with Crippen LogP contribution in [0.4, 0.5) is 5.82 Å². The van der Waals surface area contributed by atoms with E-state index < -0.39 is 5.79 Å². The molecule has 6 nitrogen and oxygen atoms in total. The molecule has 0 amide bonds. The van der Waals surface area contributed by atoms with Crippen LogP contribution in [0.5, 0.6) is 5.88 Å². The highest BCUT2D eigenvalue weighted by molar-refractivity contribution is 5.36. The number of rotatable bonds is 7. The first-order valence-corrected chi connectivity index (χ1v) is 7.08. The van der Waals surface area contributed by atoms with Crippen LogP contribution in [-0.2, 0) is 9.47 Å². The van der Waals surface area contributed by atoms with E-state index in [1.54, 1.807) is 6.07 Å². The zero-order valence-electron chi connectivity index (χ0n) is 12.4. The van der Waals surface area contributed by atoms with Crippen molar-refractivity contribution >= 4 is 5.82 Å². The third kappa shape index (κ3) is 4.31. The largest absolute Gasteiger partial charge is 0.478 e. The topological polar surface area (TPSA) is 65.5 Å². The molecule has 112 valence electrons. The molecule has 1 aromatic rings. The Morgan fingerprint density at radius 2 is 2.15 bits per heavy atom. The van der Waals surface area contributed by atoms with Crippen molar-refractivity contribution in [1.82, 2.24) is 9.97 Å². The van der Waals surface area contributed by atoms with Crippen LogP contribution in [-0.4, -0.2) is 42.1 Å². The number of hydrogen-bond acceptors (Lipinski definition) is 6. The van der Waals surface area contributed by atoms with E-state index in [-0.39, 0.29) is 0 Å². The zero-order chi connectivity index (χ0) is 14.4. The monoisotopic (exact) mass is 281 g/mol. The van der Waals surface area contributed by atoms with Crippen LogP contribution in [0.2, 0.25) is 0 Å². The van der Waals surface area contributed by atoms with Gasteiger partial charge in [-0.05, 0) is 19.8 Å². The molecule has 1 atom stereocenters. The van der Waals surface area contributed by atoms with Crippen molar-refractivity contribution in [3.05, 3.63) is 12.4 Å². The van der Waals surface area contributed by atoms with E-state index in [0.29, 0.717) is 31.6 Å². The van der Waals surface area contributed by atoms with Gasteiger partial charge in [0, 0.05) is 19.0 Å². The third-order valence-electron chi connectivity index (χ3n) is 3.18. The van der Waals surface area contributed by atoms with Crippen LogP contribution in [0, 0.1) is 5.92 Å². The number of nitrogens with zero attached hydrogens (tertiary/aromatic N) is 2. The van der Waals surface area contributed by atoms with Gasteiger partial charge in [0.2, 0.25) is 5.88 Å². The van der Waals surface area contributed by atoms with Gasteiger partial charge in [-0.1, -0.05) is 6.92 Å². The van der Waals surface area contributed by atoms with E-state index in [4.69, 9.17) is 14.2 Å². The molecule has 1 unspecified atom stereocenters. The highest BCUT2D eigenvalue weighted by Crippen LogP contribution is 2.26. The second-order valence-electron chi connectivity index (χ2n) is 5.20. The van der Waals surface area contributed by atoms with Crippen LogP contribution in [0.15, 0.2) is 12.4 Å². The Morgan fingerprint density at radius 1 is 1.40 bits per heavy atom. The summed E-state index contributed by atoms with van der Waals surface area (Å²) >= 11 is 0. The number of hydrogen-bond donors (Lipinski definition) is 1. The summed E-state index contributed by atoms with van der Waals surface area (Å²) in [5, 5.41) is 3.29. The minimum atomic E-state index is -0.441. The first kappa shape index (κ1) is 15.0. The molecule has 1 fully saturated rings. The van der Waals surface area contributed by atoms with Crippen LogP contribution in [0.25, 0.3) is 0 Å². The van der Waals surface area contributed by atoms with Gasteiger partial charge in [-0.25, -0.2) is 9.97 Å². The minimum Gasteiger partial charge on any atom is -0.478 e. The SMILES string of the molecule is CCOc1cc(NCC(C)CC2(C)OCCO2)ncn1. The molecule has 0 radical (unpaired) electrons. The Bertz CT molecular complexity index is 422. The minimum absolute atomic E-state index is 0.406. The molecule has 0 saturated carbocycles. The van der Waals surface area contributed by atoms with E-state index in [9.17, 15) is 0 Å². The average Bonchev–Trinajstić information content (AvgIpc) is 2.84. The molecule has 6 heteroatoms. The summed E-state index contributed by atoms with van der Waals surface area (Å²) in [6, 6.07) is 1.81. The smallest absolute Gasteiger partial charge is 0.218 e. The van der Waals surface area contributed by atoms with Gasteiger partial charge in [0.1, 0.15) is 12.1 Å². The highest BCUT2D eigenvalue weighted by atomic mass is 16.7. The molecule has 1 N–H and O–H groups in total. The highest BCUT2D eigenvalue weighted by Gasteiger charge is 2.32. The number of aromatic nitrogens is 2. The van der Waals surface area contributed by atoms with E-state index in [0.717, 1.165) is 18.8 Å². The van der Waals surface area contributed by atoms with Gasteiger partial charge in [0.05, 0.1) is 19.8 Å². The molecule has 20 heavy (non-hydrogen) atoms. The number of anilines is 1. The maximum absolute atomic E-state index is 5.62. The zero-order valence-corrected chi connectivity index (χ0v) is 12.4. The van der Waals surface area contributed by atoms with E-state index >= 15 is 0 Å². The van der Waals surface area contributed by atoms with Gasteiger partial charge in [0.15, 0.2) is 5.79 Å². The molecular weight excluding hydrogens is 258 g/mol. The first-order chi connectivity index (χ1) is 9.61. The fourth-order valence-electron chi connectivity index (χ4n) is 2.32. The summed E-state index contributed by atoms with van der Waals surface area (Å²) in [7, 11) is 0. The standard InChI is InChI=1S/C14H23N3O3/c1-4-18-13-7-12(16-10-17-13)15-9-11(2)8-14(3)19-5-6-20-14/h7,10-11H,4-6,8-9H2,1-3H3,(H,15,16,17). The quantitative estimate of drug-likeness (QED) is 0.825. The molecule has 1 aliphatic heterocycles. The Labute approximate surface area is 119 Å². The molecule has 0 spiro atoms. The van der Waals surface area contributed by atoms with E-state index in [1.165, 1.54) is 6.33 Å². The Hall–Kier alpha value is -1.40. The molecule has 0 aromatic carbocycles. The Kier molecular flexibility index (Phi) is 5.14. The summed E-state index contributed by atoms with van der Waals surface area (Å²) in [6.45, 7) is 8.84. The fourth-order valence-corrected chi connectivity index (χ4v) is 2.32. The van der Waals surface area contributed by atoms with Crippen molar-refractivity contribution in [2.75, 3.05) is 31.7 Å². The molecule has 0 aliphatic carbocycles. The molecule has 1 aromatic heterocycles. The Balaban J connectivity index is 1.80. The van der Waals surface area contributed by atoms with Gasteiger partial charge in [-0.15, -0.1) is 0 Å². The lowest BCUT2D eigenvalue weighted by Gasteiger charge is -2.26. The second-order valence-corrected chi connectivity index (χ2v) is 5.20. The van der Waals surface area contributed by atoms with Gasteiger partial charge in [-0.3, -0.25) is 0 Å². The summed E-state index contributed by atoms with van der Waals surface area (Å²) in [4.78, 5) is 8.22. The van der Waals surface area contributed by atoms with E-state index in [2.05, 4.69) is 22.2 Å². The second kappa shape index (κ2) is 6.85. The van der Waals surface area contributed by atoms with Gasteiger partial charge < -0.3 is 19.5 Å². The predicted molar refractivity (Wildman–Crippen MR) is 75.8 cm³/mol. The molecule has 2 heterocycles. The van der Waals surface area contributed by atoms with Crippen LogP contribution in [0.1, 0.15) is 27.2 Å². The molecule has 2 rings (SSSR count). The van der Waals surface area contributed by atoms with Crippen molar-refractivity contribution in [3.8, 4) is 5.88 Å². The van der Waals surface area contributed by atoms with E-state index in [1.807, 2.05) is 13.8 Å². The molecule has 1 aliphatic rings. The maximum Gasteiger partial charge on any atom is 0.218 e. The van der Waals surface area contributed by atoms with Crippen molar-refractivity contribution < 1.29 is 14.2 Å². The lowest BCUT2D eigenvalue weighted by atomic mass is 10.0.